The van der Waals surface area contributed by atoms with Crippen LogP contribution in [0.5, 0.6) is 0 Å². The van der Waals surface area contributed by atoms with E-state index in [-0.39, 0.29) is 18.1 Å². The van der Waals surface area contributed by atoms with Crippen LogP contribution in [0.4, 0.5) is 4.79 Å². The number of carbonyl (C=O) groups excluding carboxylic acids is 1. The molecule has 3 rings (SSSR count). The molecule has 1 aliphatic carbocycles. The van der Waals surface area contributed by atoms with Gasteiger partial charge in [0.1, 0.15) is 0 Å². The number of nitrogens with zero attached hydrogens (tertiary/aromatic N) is 3. The maximum atomic E-state index is 12.6. The summed E-state index contributed by atoms with van der Waals surface area (Å²) in [5.74, 6) is 1.95. The van der Waals surface area contributed by atoms with Gasteiger partial charge in [0.25, 0.3) is 0 Å². The van der Waals surface area contributed by atoms with Crippen molar-refractivity contribution in [2.75, 3.05) is 18.1 Å². The van der Waals surface area contributed by atoms with Crippen molar-refractivity contribution in [2.24, 2.45) is 7.05 Å². The van der Waals surface area contributed by atoms with Crippen molar-refractivity contribution in [1.82, 2.24) is 20.0 Å². The number of rotatable bonds is 2. The van der Waals surface area contributed by atoms with Gasteiger partial charge in [-0.05, 0) is 19.3 Å². The topological polar surface area (TPSA) is 50.2 Å². The summed E-state index contributed by atoms with van der Waals surface area (Å²) < 4.78 is 1.80. The quantitative estimate of drug-likeness (QED) is 0.853. The van der Waals surface area contributed by atoms with Crippen molar-refractivity contribution < 1.29 is 4.79 Å². The number of aromatic nitrogens is 2. The van der Waals surface area contributed by atoms with E-state index in [2.05, 4.69) is 22.6 Å². The van der Waals surface area contributed by atoms with E-state index in [1.165, 1.54) is 0 Å². The third-order valence-electron chi connectivity index (χ3n) is 4.06. The molecular weight excluding hydrogens is 284 g/mol. The molecule has 1 fully saturated rings. The Morgan fingerprint density at radius 1 is 1.52 bits per heavy atom. The fourth-order valence-electron chi connectivity index (χ4n) is 2.91. The molecule has 2 aliphatic rings. The summed E-state index contributed by atoms with van der Waals surface area (Å²) in [6.45, 7) is 0.798. The minimum absolute atomic E-state index is 0.0562. The Labute approximate surface area is 129 Å². The van der Waals surface area contributed by atoms with Gasteiger partial charge in [-0.1, -0.05) is 12.2 Å². The summed E-state index contributed by atoms with van der Waals surface area (Å²) in [6.07, 6.45) is 11.5. The van der Waals surface area contributed by atoms with Crippen molar-refractivity contribution in [3.63, 3.8) is 0 Å². The molecule has 6 heteroatoms. The maximum absolute atomic E-state index is 12.6. The molecular formula is C15H22N4OS. The lowest BCUT2D eigenvalue weighted by Crippen LogP contribution is -2.49. The summed E-state index contributed by atoms with van der Waals surface area (Å²) in [5.41, 5.74) is 1.12. The van der Waals surface area contributed by atoms with Crippen molar-refractivity contribution in [1.29, 1.82) is 0 Å². The maximum Gasteiger partial charge on any atom is 0.318 e. The highest BCUT2D eigenvalue weighted by molar-refractivity contribution is 7.99. The molecule has 0 unspecified atom stereocenters. The lowest BCUT2D eigenvalue weighted by Gasteiger charge is -2.36. The van der Waals surface area contributed by atoms with Gasteiger partial charge in [0.05, 0.1) is 12.2 Å². The molecule has 0 saturated carbocycles. The number of nitrogens with one attached hydrogen (secondary N) is 1. The van der Waals surface area contributed by atoms with Crippen LogP contribution in [0.25, 0.3) is 0 Å². The van der Waals surface area contributed by atoms with Crippen LogP contribution in [0.2, 0.25) is 0 Å². The van der Waals surface area contributed by atoms with Crippen molar-refractivity contribution in [3.05, 3.63) is 30.1 Å². The highest BCUT2D eigenvalue weighted by atomic mass is 32.2. The monoisotopic (exact) mass is 306 g/mol. The summed E-state index contributed by atoms with van der Waals surface area (Å²) >= 11 is 1.90. The van der Waals surface area contributed by atoms with Crippen LogP contribution >= 0.6 is 11.8 Å². The van der Waals surface area contributed by atoms with Crippen LogP contribution in [0.1, 0.15) is 30.9 Å². The average molecular weight is 306 g/mol. The van der Waals surface area contributed by atoms with Gasteiger partial charge in [-0.25, -0.2) is 4.79 Å². The molecule has 1 saturated heterocycles. The van der Waals surface area contributed by atoms with E-state index in [0.717, 1.165) is 42.9 Å². The molecule has 114 valence electrons. The van der Waals surface area contributed by atoms with Crippen molar-refractivity contribution >= 4 is 17.8 Å². The van der Waals surface area contributed by atoms with Gasteiger partial charge in [-0.2, -0.15) is 16.9 Å². The second-order valence-corrected chi connectivity index (χ2v) is 6.80. The molecule has 1 aliphatic heterocycles. The number of allylic oxidation sites excluding steroid dienone is 1. The molecule has 0 spiro atoms. The first-order valence-electron chi connectivity index (χ1n) is 7.54. The number of hydrogen-bond acceptors (Lipinski definition) is 3. The molecule has 1 N–H and O–H groups in total. The number of thioether (sulfide) groups is 1. The first-order valence-corrected chi connectivity index (χ1v) is 8.69. The van der Waals surface area contributed by atoms with E-state index in [9.17, 15) is 4.79 Å². The minimum Gasteiger partial charge on any atom is -0.332 e. The third kappa shape index (κ3) is 3.43. The Kier molecular flexibility index (Phi) is 4.53. The molecule has 1 aromatic heterocycles. The Morgan fingerprint density at radius 2 is 2.43 bits per heavy atom. The lowest BCUT2D eigenvalue weighted by molar-refractivity contribution is 0.179. The SMILES string of the molecule is Cn1cc([C@H]2CSCCN2C(=O)N[C@H]2C=CCCC2)cn1. The first kappa shape index (κ1) is 14.5. The summed E-state index contributed by atoms with van der Waals surface area (Å²) in [7, 11) is 1.91. The molecule has 0 bridgehead atoms. The number of aryl methyl sites for hydroxylation is 1. The highest BCUT2D eigenvalue weighted by Gasteiger charge is 2.30. The van der Waals surface area contributed by atoms with E-state index in [1.807, 2.05) is 36.1 Å². The molecule has 21 heavy (non-hydrogen) atoms. The van der Waals surface area contributed by atoms with Crippen LogP contribution in [-0.2, 0) is 7.05 Å². The molecule has 5 nitrogen and oxygen atoms in total. The van der Waals surface area contributed by atoms with E-state index in [1.54, 1.807) is 4.68 Å². The lowest BCUT2D eigenvalue weighted by atomic mass is 10.0. The molecule has 0 radical (unpaired) electrons. The van der Waals surface area contributed by atoms with E-state index in [4.69, 9.17) is 0 Å². The van der Waals surface area contributed by atoms with E-state index >= 15 is 0 Å². The van der Waals surface area contributed by atoms with Crippen LogP contribution < -0.4 is 5.32 Å². The van der Waals surface area contributed by atoms with Crippen molar-refractivity contribution in [3.8, 4) is 0 Å². The van der Waals surface area contributed by atoms with Crippen LogP contribution in [0.15, 0.2) is 24.5 Å². The van der Waals surface area contributed by atoms with Crippen molar-refractivity contribution in [2.45, 2.75) is 31.3 Å². The van der Waals surface area contributed by atoms with Gasteiger partial charge >= 0.3 is 6.03 Å². The van der Waals surface area contributed by atoms with E-state index in [0.29, 0.717) is 0 Å². The Hall–Kier alpha value is -1.43. The second kappa shape index (κ2) is 6.56. The van der Waals surface area contributed by atoms with Crippen LogP contribution in [-0.4, -0.2) is 44.8 Å². The molecule has 2 heterocycles. The van der Waals surface area contributed by atoms with Gasteiger partial charge in [-0.3, -0.25) is 4.68 Å². The van der Waals surface area contributed by atoms with Gasteiger partial charge < -0.3 is 10.2 Å². The van der Waals surface area contributed by atoms with E-state index < -0.39 is 0 Å². The van der Waals surface area contributed by atoms with Gasteiger partial charge in [0.2, 0.25) is 0 Å². The summed E-state index contributed by atoms with van der Waals surface area (Å²) in [5, 5.41) is 7.40. The summed E-state index contributed by atoms with van der Waals surface area (Å²) in [6, 6.07) is 0.376. The average Bonchev–Trinajstić information content (AvgIpc) is 2.95. The smallest absolute Gasteiger partial charge is 0.318 e. The Bertz CT molecular complexity index is 527. The zero-order valence-corrected chi connectivity index (χ0v) is 13.2. The molecule has 2 amide bonds. The number of urea groups is 1. The fourth-order valence-corrected chi connectivity index (χ4v) is 4.00. The Morgan fingerprint density at radius 3 is 3.14 bits per heavy atom. The van der Waals surface area contributed by atoms with Gasteiger partial charge in [0, 0.05) is 42.9 Å². The zero-order valence-electron chi connectivity index (χ0n) is 12.4. The number of hydrogen-bond donors (Lipinski definition) is 1. The predicted octanol–water partition coefficient (Wildman–Crippen LogP) is 2.33. The second-order valence-electron chi connectivity index (χ2n) is 5.65. The highest BCUT2D eigenvalue weighted by Crippen LogP contribution is 2.29. The van der Waals surface area contributed by atoms with Crippen LogP contribution in [0, 0.1) is 0 Å². The molecule has 1 aromatic rings. The normalized spacial score (nSPS) is 25.9. The zero-order chi connectivity index (χ0) is 14.7. The first-order chi connectivity index (χ1) is 10.2. The largest absolute Gasteiger partial charge is 0.332 e. The van der Waals surface area contributed by atoms with Gasteiger partial charge in [-0.15, -0.1) is 0 Å². The fraction of sp³-hybridized carbons (Fsp3) is 0.600. The van der Waals surface area contributed by atoms with Crippen LogP contribution in [0.3, 0.4) is 0 Å². The standard InChI is InChI=1S/C15H22N4OS/c1-18-10-12(9-16-18)14-11-21-8-7-19(14)15(20)17-13-5-3-2-4-6-13/h3,5,9-10,13-14H,2,4,6-8,11H2,1H3,(H,17,20)/t13-,14+/m0/s1. The molecule has 0 aromatic carbocycles. The minimum atomic E-state index is 0.0562. The Balaban J connectivity index is 1.69. The molecule has 2 atom stereocenters. The third-order valence-corrected chi connectivity index (χ3v) is 5.08. The predicted molar refractivity (Wildman–Crippen MR) is 85.3 cm³/mol. The van der Waals surface area contributed by atoms with Gasteiger partial charge in [0.15, 0.2) is 0 Å². The number of carbonyl (C=O) groups is 1. The number of amides is 2. The summed E-state index contributed by atoms with van der Waals surface area (Å²) in [4.78, 5) is 14.6.